The summed E-state index contributed by atoms with van der Waals surface area (Å²) in [6.45, 7) is 2.15. The Morgan fingerprint density at radius 1 is 1.39 bits per heavy atom. The fourth-order valence-electron chi connectivity index (χ4n) is 1.41. The van der Waals surface area contributed by atoms with Crippen molar-refractivity contribution in [1.82, 2.24) is 10.3 Å². The third-order valence-electron chi connectivity index (χ3n) is 2.61. The number of nitrogens with one attached hydrogen (secondary N) is 1. The van der Waals surface area contributed by atoms with Gasteiger partial charge in [0.05, 0.1) is 5.75 Å². The van der Waals surface area contributed by atoms with Gasteiger partial charge in [-0.1, -0.05) is 15.9 Å². The van der Waals surface area contributed by atoms with Crippen molar-refractivity contribution in [3.05, 3.63) is 44.8 Å². The molecular weight excluding hydrogens is 328 g/mol. The molecule has 5 heteroatoms. The van der Waals surface area contributed by atoms with E-state index in [1.165, 1.54) is 14.8 Å². The van der Waals surface area contributed by atoms with Crippen molar-refractivity contribution >= 4 is 39.0 Å². The van der Waals surface area contributed by atoms with Crippen LogP contribution in [-0.4, -0.2) is 12.0 Å². The van der Waals surface area contributed by atoms with Crippen LogP contribution in [0.3, 0.4) is 0 Å². The van der Waals surface area contributed by atoms with E-state index >= 15 is 0 Å². The van der Waals surface area contributed by atoms with Crippen molar-refractivity contribution in [2.24, 2.45) is 0 Å². The van der Waals surface area contributed by atoms with Crippen LogP contribution in [0, 0.1) is 0 Å². The molecular formula is C13H15BrN2S2. The maximum atomic E-state index is 4.47. The van der Waals surface area contributed by atoms with Gasteiger partial charge in [-0.25, -0.2) is 4.98 Å². The van der Waals surface area contributed by atoms with Crippen molar-refractivity contribution < 1.29 is 0 Å². The third-order valence-corrected chi connectivity index (χ3v) is 5.52. The molecule has 18 heavy (non-hydrogen) atoms. The van der Waals surface area contributed by atoms with Gasteiger partial charge in [-0.05, 0) is 38.2 Å². The topological polar surface area (TPSA) is 24.9 Å². The fourth-order valence-corrected chi connectivity index (χ4v) is 3.56. The van der Waals surface area contributed by atoms with Gasteiger partial charge >= 0.3 is 0 Å². The van der Waals surface area contributed by atoms with Crippen molar-refractivity contribution in [2.45, 2.75) is 23.6 Å². The van der Waals surface area contributed by atoms with Gasteiger partial charge in [0.25, 0.3) is 0 Å². The maximum absolute atomic E-state index is 4.47. The molecule has 0 aliphatic rings. The first-order chi connectivity index (χ1) is 8.69. The first kappa shape index (κ1) is 14.1. The zero-order valence-electron chi connectivity index (χ0n) is 10.3. The van der Waals surface area contributed by atoms with Crippen molar-refractivity contribution in [3.63, 3.8) is 0 Å². The molecule has 0 aliphatic carbocycles. The van der Waals surface area contributed by atoms with Crippen molar-refractivity contribution in [1.29, 1.82) is 0 Å². The van der Waals surface area contributed by atoms with Crippen LogP contribution >= 0.6 is 39.0 Å². The number of thiazole rings is 1. The molecule has 0 saturated heterocycles. The van der Waals surface area contributed by atoms with Gasteiger partial charge < -0.3 is 5.32 Å². The number of benzene rings is 1. The minimum atomic E-state index is 0.383. The summed E-state index contributed by atoms with van der Waals surface area (Å²) in [5.41, 5.74) is 0. The number of aromatic nitrogens is 1. The molecule has 0 amide bonds. The van der Waals surface area contributed by atoms with Crippen LogP contribution in [0.4, 0.5) is 0 Å². The average molecular weight is 343 g/mol. The van der Waals surface area contributed by atoms with E-state index in [0.29, 0.717) is 6.04 Å². The lowest BCUT2D eigenvalue weighted by atomic mass is 10.3. The zero-order chi connectivity index (χ0) is 13.0. The molecule has 0 saturated carbocycles. The number of nitrogens with zero attached hydrogens (tertiary/aromatic N) is 1. The smallest absolute Gasteiger partial charge is 0.103 e. The van der Waals surface area contributed by atoms with Gasteiger partial charge in [0.1, 0.15) is 5.01 Å². The minimum absolute atomic E-state index is 0.383. The van der Waals surface area contributed by atoms with Crippen LogP contribution < -0.4 is 5.32 Å². The number of rotatable bonds is 5. The molecule has 2 nitrogen and oxygen atoms in total. The Kier molecular flexibility index (Phi) is 5.24. The molecule has 0 bridgehead atoms. The lowest BCUT2D eigenvalue weighted by molar-refractivity contribution is 0.662. The van der Waals surface area contributed by atoms with Crippen LogP contribution in [0.25, 0.3) is 0 Å². The third kappa shape index (κ3) is 3.82. The molecule has 0 radical (unpaired) electrons. The Labute approximate surface area is 124 Å². The van der Waals surface area contributed by atoms with Gasteiger partial charge in [-0.2, -0.15) is 0 Å². The van der Waals surface area contributed by atoms with Crippen LogP contribution in [0.2, 0.25) is 0 Å². The van der Waals surface area contributed by atoms with Crippen LogP contribution in [0.1, 0.15) is 22.9 Å². The molecule has 96 valence electrons. The fraction of sp³-hybridized carbons (Fsp3) is 0.308. The lowest BCUT2D eigenvalue weighted by Crippen LogP contribution is -2.10. The van der Waals surface area contributed by atoms with Gasteiger partial charge in [0.15, 0.2) is 0 Å². The van der Waals surface area contributed by atoms with Gasteiger partial charge in [-0.15, -0.1) is 23.1 Å². The summed E-state index contributed by atoms with van der Waals surface area (Å²) in [4.78, 5) is 7.04. The van der Waals surface area contributed by atoms with Crippen LogP contribution in [0.15, 0.2) is 39.8 Å². The molecule has 2 rings (SSSR count). The number of thioether (sulfide) groups is 1. The van der Waals surface area contributed by atoms with E-state index in [9.17, 15) is 0 Å². The molecule has 2 aromatic rings. The second kappa shape index (κ2) is 6.70. The molecule has 1 unspecified atom stereocenters. The normalized spacial score (nSPS) is 12.6. The van der Waals surface area contributed by atoms with Gasteiger partial charge in [0, 0.05) is 26.5 Å². The number of hydrogen-bond acceptors (Lipinski definition) is 4. The molecule has 1 aromatic carbocycles. The Balaban J connectivity index is 1.94. The molecule has 1 aromatic heterocycles. The largest absolute Gasteiger partial charge is 0.312 e. The summed E-state index contributed by atoms with van der Waals surface area (Å²) in [7, 11) is 1.97. The molecule has 0 fully saturated rings. The average Bonchev–Trinajstić information content (AvgIpc) is 2.86. The summed E-state index contributed by atoms with van der Waals surface area (Å²) in [5, 5.41) is 4.41. The van der Waals surface area contributed by atoms with Crippen LogP contribution in [-0.2, 0) is 5.75 Å². The Morgan fingerprint density at radius 3 is 2.78 bits per heavy atom. The van der Waals surface area contributed by atoms with E-state index in [1.54, 1.807) is 11.3 Å². The number of hydrogen-bond donors (Lipinski definition) is 1. The van der Waals surface area contributed by atoms with E-state index < -0.39 is 0 Å². The molecule has 1 N–H and O–H groups in total. The second-order valence-corrected chi connectivity index (χ2v) is 7.02. The summed E-state index contributed by atoms with van der Waals surface area (Å²) in [5.74, 6) is 0.933. The molecule has 0 aliphatic heterocycles. The highest BCUT2D eigenvalue weighted by Gasteiger charge is 2.08. The maximum Gasteiger partial charge on any atom is 0.103 e. The predicted molar refractivity (Wildman–Crippen MR) is 83.3 cm³/mol. The predicted octanol–water partition coefficient (Wildman–Crippen LogP) is 4.48. The Hall–Kier alpha value is -0.360. The quantitative estimate of drug-likeness (QED) is 0.811. The second-order valence-electron chi connectivity index (χ2n) is 3.91. The van der Waals surface area contributed by atoms with Crippen molar-refractivity contribution in [2.75, 3.05) is 7.05 Å². The summed E-state index contributed by atoms with van der Waals surface area (Å²) < 4.78 is 1.12. The van der Waals surface area contributed by atoms with E-state index in [1.807, 2.05) is 25.0 Å². The minimum Gasteiger partial charge on any atom is -0.312 e. The van der Waals surface area contributed by atoms with Crippen LogP contribution in [0.5, 0.6) is 0 Å². The lowest BCUT2D eigenvalue weighted by Gasteiger charge is -2.04. The zero-order valence-corrected chi connectivity index (χ0v) is 13.5. The molecule has 1 heterocycles. The standard InChI is InChI=1S/C13H15BrN2S2/c1-9(15-2)12-7-16-13(18-12)8-17-11-5-3-10(14)4-6-11/h3-7,9,15H,8H2,1-2H3. The monoisotopic (exact) mass is 342 g/mol. The number of halogens is 1. The summed E-state index contributed by atoms with van der Waals surface area (Å²) in [6.07, 6.45) is 1.98. The van der Waals surface area contributed by atoms with E-state index in [4.69, 9.17) is 0 Å². The van der Waals surface area contributed by atoms with E-state index in [2.05, 4.69) is 57.4 Å². The molecule has 1 atom stereocenters. The Bertz CT molecular complexity index is 496. The molecule has 0 spiro atoms. The highest BCUT2D eigenvalue weighted by atomic mass is 79.9. The first-order valence-corrected chi connectivity index (χ1v) is 8.29. The Morgan fingerprint density at radius 2 is 2.11 bits per heavy atom. The first-order valence-electron chi connectivity index (χ1n) is 5.69. The van der Waals surface area contributed by atoms with Gasteiger partial charge in [-0.3, -0.25) is 0 Å². The SMILES string of the molecule is CNC(C)c1cnc(CSc2ccc(Br)cc2)s1. The van der Waals surface area contributed by atoms with E-state index in [0.717, 1.165) is 10.2 Å². The highest BCUT2D eigenvalue weighted by Crippen LogP contribution is 2.28. The summed E-state index contributed by atoms with van der Waals surface area (Å²) in [6, 6.07) is 8.77. The van der Waals surface area contributed by atoms with E-state index in [-0.39, 0.29) is 0 Å². The summed E-state index contributed by atoms with van der Waals surface area (Å²) >= 11 is 7.05. The van der Waals surface area contributed by atoms with Gasteiger partial charge in [0.2, 0.25) is 0 Å². The highest BCUT2D eigenvalue weighted by molar-refractivity contribution is 9.10. The van der Waals surface area contributed by atoms with Crippen molar-refractivity contribution in [3.8, 4) is 0 Å².